The molecule has 0 aliphatic rings. The fourth-order valence-corrected chi connectivity index (χ4v) is 1.11. The lowest BCUT2D eigenvalue weighted by Crippen LogP contribution is -2.16. The monoisotopic (exact) mass is 188 g/mol. The van der Waals surface area contributed by atoms with Gasteiger partial charge in [0.1, 0.15) is 0 Å². The van der Waals surface area contributed by atoms with Crippen molar-refractivity contribution in [3.05, 3.63) is 0 Å². The van der Waals surface area contributed by atoms with Gasteiger partial charge < -0.3 is 9.84 Å². The van der Waals surface area contributed by atoms with E-state index in [2.05, 4.69) is 13.8 Å². The van der Waals surface area contributed by atoms with Crippen LogP contribution >= 0.6 is 0 Å². The number of carbonyl (C=O) groups is 1. The molecule has 13 heavy (non-hydrogen) atoms. The van der Waals surface area contributed by atoms with Crippen LogP contribution in [-0.4, -0.2) is 23.8 Å². The predicted molar refractivity (Wildman–Crippen MR) is 51.3 cm³/mol. The molecule has 0 aliphatic heterocycles. The molecule has 0 aromatic carbocycles. The predicted octanol–water partition coefficient (Wildman–Crippen LogP) is 1.74. The van der Waals surface area contributed by atoms with Crippen LogP contribution in [0.15, 0.2) is 0 Å². The first-order valence-corrected chi connectivity index (χ1v) is 4.90. The molecule has 2 unspecified atom stereocenters. The van der Waals surface area contributed by atoms with Crippen LogP contribution in [0.1, 0.15) is 40.0 Å². The SMILES string of the molecule is CCCC(C)COC(=O)CC(C)O. The smallest absolute Gasteiger partial charge is 0.308 e. The normalized spacial score (nSPS) is 15.1. The molecule has 0 fully saturated rings. The molecule has 0 saturated heterocycles. The summed E-state index contributed by atoms with van der Waals surface area (Å²) in [7, 11) is 0. The highest BCUT2D eigenvalue weighted by molar-refractivity contribution is 5.69. The Balaban J connectivity index is 3.46. The van der Waals surface area contributed by atoms with Gasteiger partial charge in [-0.1, -0.05) is 20.3 Å². The number of ether oxygens (including phenoxy) is 1. The van der Waals surface area contributed by atoms with E-state index >= 15 is 0 Å². The van der Waals surface area contributed by atoms with Crippen molar-refractivity contribution in [3.8, 4) is 0 Å². The van der Waals surface area contributed by atoms with Gasteiger partial charge in [-0.25, -0.2) is 0 Å². The number of aliphatic hydroxyl groups excluding tert-OH is 1. The topological polar surface area (TPSA) is 46.5 Å². The Labute approximate surface area is 80.1 Å². The molecule has 78 valence electrons. The highest BCUT2D eigenvalue weighted by atomic mass is 16.5. The van der Waals surface area contributed by atoms with Gasteiger partial charge in [0.15, 0.2) is 0 Å². The number of esters is 1. The zero-order chi connectivity index (χ0) is 10.3. The Kier molecular flexibility index (Phi) is 6.59. The van der Waals surface area contributed by atoms with E-state index in [1.54, 1.807) is 6.92 Å². The van der Waals surface area contributed by atoms with E-state index < -0.39 is 6.10 Å². The average molecular weight is 188 g/mol. The minimum atomic E-state index is -0.603. The van der Waals surface area contributed by atoms with Crippen molar-refractivity contribution in [1.82, 2.24) is 0 Å². The number of hydrogen-bond acceptors (Lipinski definition) is 3. The van der Waals surface area contributed by atoms with Gasteiger partial charge in [-0.3, -0.25) is 4.79 Å². The largest absolute Gasteiger partial charge is 0.465 e. The summed E-state index contributed by atoms with van der Waals surface area (Å²) in [5.74, 6) is 0.112. The Bertz CT molecular complexity index is 143. The van der Waals surface area contributed by atoms with Crippen LogP contribution in [0.2, 0.25) is 0 Å². The van der Waals surface area contributed by atoms with E-state index in [1.165, 1.54) is 0 Å². The van der Waals surface area contributed by atoms with Crippen molar-refractivity contribution in [2.75, 3.05) is 6.61 Å². The van der Waals surface area contributed by atoms with Crippen molar-refractivity contribution in [2.45, 2.75) is 46.1 Å². The van der Waals surface area contributed by atoms with Gasteiger partial charge in [-0.2, -0.15) is 0 Å². The molecule has 1 N–H and O–H groups in total. The van der Waals surface area contributed by atoms with Gasteiger partial charge in [0.25, 0.3) is 0 Å². The fourth-order valence-electron chi connectivity index (χ4n) is 1.11. The van der Waals surface area contributed by atoms with Crippen LogP contribution < -0.4 is 0 Å². The Morgan fingerprint density at radius 3 is 2.54 bits per heavy atom. The molecule has 0 aromatic heterocycles. The number of aliphatic hydroxyl groups is 1. The second-order valence-electron chi connectivity index (χ2n) is 3.63. The number of rotatable bonds is 6. The highest BCUT2D eigenvalue weighted by Gasteiger charge is 2.09. The van der Waals surface area contributed by atoms with Gasteiger partial charge in [-0.15, -0.1) is 0 Å². The van der Waals surface area contributed by atoms with Crippen molar-refractivity contribution in [2.24, 2.45) is 5.92 Å². The summed E-state index contributed by atoms with van der Waals surface area (Å²) in [5, 5.41) is 8.89. The van der Waals surface area contributed by atoms with E-state index in [-0.39, 0.29) is 12.4 Å². The first-order chi connectivity index (χ1) is 6.06. The molecule has 0 aromatic rings. The Morgan fingerprint density at radius 1 is 1.46 bits per heavy atom. The van der Waals surface area contributed by atoms with Gasteiger partial charge >= 0.3 is 5.97 Å². The molecule has 0 heterocycles. The maximum Gasteiger partial charge on any atom is 0.308 e. The van der Waals surface area contributed by atoms with E-state index in [1.807, 2.05) is 0 Å². The van der Waals surface area contributed by atoms with Gasteiger partial charge in [0, 0.05) is 0 Å². The molecule has 0 radical (unpaired) electrons. The second kappa shape index (κ2) is 6.89. The van der Waals surface area contributed by atoms with Crippen LogP contribution in [-0.2, 0) is 9.53 Å². The Morgan fingerprint density at radius 2 is 2.08 bits per heavy atom. The standard InChI is InChI=1S/C10H20O3/c1-4-5-8(2)7-13-10(12)6-9(3)11/h8-9,11H,4-7H2,1-3H3. The van der Waals surface area contributed by atoms with Crippen molar-refractivity contribution >= 4 is 5.97 Å². The molecular formula is C10H20O3. The summed E-state index contributed by atoms with van der Waals surface area (Å²) in [6, 6.07) is 0. The Hall–Kier alpha value is -0.570. The molecule has 0 amide bonds. The van der Waals surface area contributed by atoms with Gasteiger partial charge in [-0.05, 0) is 19.3 Å². The lowest BCUT2D eigenvalue weighted by molar-refractivity contribution is -0.146. The maximum atomic E-state index is 11.0. The molecule has 0 rings (SSSR count). The third-order valence-corrected chi connectivity index (χ3v) is 1.77. The van der Waals surface area contributed by atoms with E-state index in [4.69, 9.17) is 9.84 Å². The lowest BCUT2D eigenvalue weighted by atomic mass is 10.1. The summed E-state index contributed by atoms with van der Waals surface area (Å²) in [6.07, 6.45) is 1.67. The van der Waals surface area contributed by atoms with Crippen molar-refractivity contribution in [1.29, 1.82) is 0 Å². The molecule has 3 nitrogen and oxygen atoms in total. The summed E-state index contributed by atoms with van der Waals surface area (Å²) < 4.78 is 4.97. The maximum absolute atomic E-state index is 11.0. The van der Waals surface area contributed by atoms with Crippen molar-refractivity contribution in [3.63, 3.8) is 0 Å². The third kappa shape index (κ3) is 7.78. The average Bonchev–Trinajstić information content (AvgIpc) is 2.00. The molecular weight excluding hydrogens is 168 g/mol. The third-order valence-electron chi connectivity index (χ3n) is 1.77. The highest BCUT2D eigenvalue weighted by Crippen LogP contribution is 2.06. The zero-order valence-corrected chi connectivity index (χ0v) is 8.75. The number of hydrogen-bond donors (Lipinski definition) is 1. The van der Waals surface area contributed by atoms with Crippen LogP contribution in [0.5, 0.6) is 0 Å². The van der Waals surface area contributed by atoms with E-state index in [0.29, 0.717) is 12.5 Å². The summed E-state index contributed by atoms with van der Waals surface area (Å²) in [5.41, 5.74) is 0. The van der Waals surface area contributed by atoms with E-state index in [0.717, 1.165) is 12.8 Å². The first-order valence-electron chi connectivity index (χ1n) is 4.90. The van der Waals surface area contributed by atoms with Gasteiger partial charge in [0.05, 0.1) is 19.1 Å². The first kappa shape index (κ1) is 12.4. The lowest BCUT2D eigenvalue weighted by Gasteiger charge is -2.11. The molecule has 2 atom stereocenters. The van der Waals surface area contributed by atoms with Crippen LogP contribution in [0, 0.1) is 5.92 Å². The summed E-state index contributed by atoms with van der Waals surface area (Å²) in [4.78, 5) is 11.0. The van der Waals surface area contributed by atoms with Crippen LogP contribution in [0.25, 0.3) is 0 Å². The molecule has 0 bridgehead atoms. The zero-order valence-electron chi connectivity index (χ0n) is 8.75. The summed E-state index contributed by atoms with van der Waals surface area (Å²) in [6.45, 7) is 6.21. The van der Waals surface area contributed by atoms with Crippen LogP contribution in [0.4, 0.5) is 0 Å². The van der Waals surface area contributed by atoms with Gasteiger partial charge in [0.2, 0.25) is 0 Å². The fraction of sp³-hybridized carbons (Fsp3) is 0.900. The second-order valence-corrected chi connectivity index (χ2v) is 3.63. The molecule has 0 spiro atoms. The molecule has 0 saturated carbocycles. The molecule has 0 aliphatic carbocycles. The minimum Gasteiger partial charge on any atom is -0.465 e. The quantitative estimate of drug-likeness (QED) is 0.646. The van der Waals surface area contributed by atoms with Crippen LogP contribution in [0.3, 0.4) is 0 Å². The van der Waals surface area contributed by atoms with E-state index in [9.17, 15) is 4.79 Å². The number of carbonyl (C=O) groups excluding carboxylic acids is 1. The molecule has 3 heteroatoms. The summed E-state index contributed by atoms with van der Waals surface area (Å²) >= 11 is 0. The minimum absolute atomic E-state index is 0.0961. The van der Waals surface area contributed by atoms with Crippen molar-refractivity contribution < 1.29 is 14.6 Å².